The largest absolute Gasteiger partial charge is 0.399 e. The molecular weight excluding hydrogens is 266 g/mol. The van der Waals surface area contributed by atoms with Crippen molar-refractivity contribution in [2.45, 2.75) is 24.7 Å². The monoisotopic (exact) mass is 289 g/mol. The molecule has 114 valence electrons. The second kappa shape index (κ2) is 5.48. The van der Waals surface area contributed by atoms with Gasteiger partial charge in [-0.05, 0) is 30.7 Å². The van der Waals surface area contributed by atoms with Crippen molar-refractivity contribution in [3.8, 4) is 0 Å². The molecule has 3 unspecified atom stereocenters. The lowest BCUT2D eigenvalue weighted by Crippen LogP contribution is -2.36. The molecule has 1 aromatic rings. The van der Waals surface area contributed by atoms with Gasteiger partial charge in [0, 0.05) is 43.6 Å². The van der Waals surface area contributed by atoms with Crippen molar-refractivity contribution in [2.75, 3.05) is 50.0 Å². The molecule has 3 saturated heterocycles. The quantitative estimate of drug-likeness (QED) is 0.822. The molecule has 0 radical (unpaired) electrons. The minimum Gasteiger partial charge on any atom is -0.399 e. The number of nitrogens with two attached hydrogens (primary N) is 1. The molecular formula is C16H23N3O2. The molecule has 0 spiro atoms. The smallest absolute Gasteiger partial charge is 0.0977 e. The summed E-state index contributed by atoms with van der Waals surface area (Å²) in [5.41, 5.74) is 7.86. The van der Waals surface area contributed by atoms with Gasteiger partial charge in [0.2, 0.25) is 0 Å². The molecule has 0 aliphatic carbocycles. The summed E-state index contributed by atoms with van der Waals surface area (Å²) < 4.78 is 11.6. The molecule has 0 amide bonds. The highest BCUT2D eigenvalue weighted by molar-refractivity contribution is 5.53. The fourth-order valence-electron chi connectivity index (χ4n) is 3.75. The Morgan fingerprint density at radius 1 is 0.952 bits per heavy atom. The summed E-state index contributed by atoms with van der Waals surface area (Å²) in [6.45, 7) is 5.73. The predicted molar refractivity (Wildman–Crippen MR) is 82.5 cm³/mol. The van der Waals surface area contributed by atoms with Crippen LogP contribution in [0.3, 0.4) is 0 Å². The average Bonchev–Trinajstić information content (AvgIpc) is 3.14. The molecule has 5 nitrogen and oxygen atoms in total. The average molecular weight is 289 g/mol. The van der Waals surface area contributed by atoms with Gasteiger partial charge in [0.25, 0.3) is 0 Å². The molecule has 4 rings (SSSR count). The fourth-order valence-corrected chi connectivity index (χ4v) is 3.75. The van der Waals surface area contributed by atoms with Crippen LogP contribution in [0, 0.1) is 0 Å². The van der Waals surface area contributed by atoms with E-state index in [1.807, 2.05) is 12.1 Å². The van der Waals surface area contributed by atoms with E-state index in [9.17, 15) is 0 Å². The zero-order chi connectivity index (χ0) is 14.2. The molecule has 0 bridgehead atoms. The van der Waals surface area contributed by atoms with Gasteiger partial charge in [0.1, 0.15) is 0 Å². The molecule has 0 saturated carbocycles. The molecule has 3 aliphatic heterocycles. The van der Waals surface area contributed by atoms with E-state index in [4.69, 9.17) is 15.2 Å². The Kier molecular flexibility index (Phi) is 3.49. The topological polar surface area (TPSA) is 51.0 Å². The van der Waals surface area contributed by atoms with Crippen LogP contribution in [0.15, 0.2) is 24.3 Å². The van der Waals surface area contributed by atoms with Gasteiger partial charge in [-0.1, -0.05) is 0 Å². The third kappa shape index (κ3) is 2.61. The number of anilines is 2. The lowest BCUT2D eigenvalue weighted by Gasteiger charge is -2.24. The first kappa shape index (κ1) is 13.4. The summed E-state index contributed by atoms with van der Waals surface area (Å²) in [7, 11) is 0. The van der Waals surface area contributed by atoms with Gasteiger partial charge < -0.3 is 20.1 Å². The highest BCUT2D eigenvalue weighted by Gasteiger charge is 2.41. The number of rotatable bonds is 2. The van der Waals surface area contributed by atoms with Crippen molar-refractivity contribution < 1.29 is 9.47 Å². The third-order valence-corrected chi connectivity index (χ3v) is 4.93. The second-order valence-corrected chi connectivity index (χ2v) is 6.25. The van der Waals surface area contributed by atoms with E-state index < -0.39 is 0 Å². The maximum atomic E-state index is 5.82. The van der Waals surface area contributed by atoms with Crippen molar-refractivity contribution in [2.24, 2.45) is 0 Å². The molecule has 3 fully saturated rings. The van der Waals surface area contributed by atoms with E-state index in [1.165, 1.54) is 12.1 Å². The number of ether oxygens (including phenoxy) is 2. The molecule has 3 heterocycles. The van der Waals surface area contributed by atoms with Crippen LogP contribution in [0.2, 0.25) is 0 Å². The Bertz CT molecular complexity index is 479. The first-order valence-corrected chi connectivity index (χ1v) is 7.87. The van der Waals surface area contributed by atoms with Crippen molar-refractivity contribution in [1.82, 2.24) is 4.90 Å². The lowest BCUT2D eigenvalue weighted by molar-refractivity contribution is -0.116. The Morgan fingerprint density at radius 3 is 2.29 bits per heavy atom. The predicted octanol–water partition coefficient (Wildman–Crippen LogP) is 0.947. The van der Waals surface area contributed by atoms with Gasteiger partial charge in [-0.25, -0.2) is 0 Å². The van der Waals surface area contributed by atoms with Crippen LogP contribution in [0.4, 0.5) is 11.4 Å². The van der Waals surface area contributed by atoms with Crippen LogP contribution in [-0.4, -0.2) is 62.5 Å². The minimum atomic E-state index is 0.282. The summed E-state index contributed by atoms with van der Waals surface area (Å²) in [5, 5.41) is 0. The van der Waals surface area contributed by atoms with Gasteiger partial charge in [-0.2, -0.15) is 0 Å². The number of nitrogens with zero attached hydrogens (tertiary/aromatic N) is 2. The summed E-state index contributed by atoms with van der Waals surface area (Å²) in [6.07, 6.45) is 1.78. The van der Waals surface area contributed by atoms with E-state index in [2.05, 4.69) is 21.9 Å². The third-order valence-electron chi connectivity index (χ3n) is 4.93. The molecule has 1 aromatic carbocycles. The van der Waals surface area contributed by atoms with Crippen molar-refractivity contribution in [3.63, 3.8) is 0 Å². The first-order valence-electron chi connectivity index (χ1n) is 7.87. The van der Waals surface area contributed by atoms with Gasteiger partial charge in [-0.3, -0.25) is 4.90 Å². The summed E-state index contributed by atoms with van der Waals surface area (Å²) >= 11 is 0. The lowest BCUT2D eigenvalue weighted by atomic mass is 10.2. The van der Waals surface area contributed by atoms with Crippen molar-refractivity contribution in [3.05, 3.63) is 24.3 Å². The molecule has 2 N–H and O–H groups in total. The fraction of sp³-hybridized carbons (Fsp3) is 0.625. The van der Waals surface area contributed by atoms with Crippen LogP contribution >= 0.6 is 0 Å². The maximum absolute atomic E-state index is 5.82. The van der Waals surface area contributed by atoms with Crippen LogP contribution in [0.25, 0.3) is 0 Å². The minimum absolute atomic E-state index is 0.282. The number of hydrogen-bond donors (Lipinski definition) is 1. The number of benzene rings is 1. The SMILES string of the molecule is Nc1ccc(N2CCC(N3CC4OCCOC4C3)C2)cc1. The molecule has 21 heavy (non-hydrogen) atoms. The summed E-state index contributed by atoms with van der Waals surface area (Å²) in [4.78, 5) is 5.01. The molecule has 3 aliphatic rings. The van der Waals surface area contributed by atoms with Gasteiger partial charge in [-0.15, -0.1) is 0 Å². The van der Waals surface area contributed by atoms with E-state index >= 15 is 0 Å². The van der Waals surface area contributed by atoms with Gasteiger partial charge in [0.05, 0.1) is 25.4 Å². The Morgan fingerprint density at radius 2 is 1.62 bits per heavy atom. The van der Waals surface area contributed by atoms with Crippen molar-refractivity contribution >= 4 is 11.4 Å². The molecule has 0 aromatic heterocycles. The molecule has 5 heteroatoms. The second-order valence-electron chi connectivity index (χ2n) is 6.25. The van der Waals surface area contributed by atoms with E-state index in [0.717, 1.165) is 45.1 Å². The number of hydrogen-bond acceptors (Lipinski definition) is 5. The number of nitrogen functional groups attached to an aromatic ring is 1. The van der Waals surface area contributed by atoms with Crippen LogP contribution in [0.1, 0.15) is 6.42 Å². The van der Waals surface area contributed by atoms with Crippen LogP contribution < -0.4 is 10.6 Å². The first-order chi connectivity index (χ1) is 10.3. The highest BCUT2D eigenvalue weighted by atomic mass is 16.6. The Balaban J connectivity index is 1.39. The maximum Gasteiger partial charge on any atom is 0.0977 e. The van der Waals surface area contributed by atoms with Crippen molar-refractivity contribution in [1.29, 1.82) is 0 Å². The highest BCUT2D eigenvalue weighted by Crippen LogP contribution is 2.28. The van der Waals surface area contributed by atoms with Crippen LogP contribution in [0.5, 0.6) is 0 Å². The van der Waals surface area contributed by atoms with Gasteiger partial charge >= 0.3 is 0 Å². The Labute approximate surface area is 125 Å². The normalized spacial score (nSPS) is 33.3. The molecule has 3 atom stereocenters. The van der Waals surface area contributed by atoms with E-state index in [1.54, 1.807) is 0 Å². The van der Waals surface area contributed by atoms with Crippen LogP contribution in [-0.2, 0) is 9.47 Å². The van der Waals surface area contributed by atoms with E-state index in [-0.39, 0.29) is 12.2 Å². The van der Waals surface area contributed by atoms with Gasteiger partial charge in [0.15, 0.2) is 0 Å². The summed E-state index contributed by atoms with van der Waals surface area (Å²) in [5.74, 6) is 0. The number of likely N-dealkylation sites (tertiary alicyclic amines) is 1. The number of fused-ring (bicyclic) bond motifs is 1. The Hall–Kier alpha value is -1.30. The zero-order valence-corrected chi connectivity index (χ0v) is 12.3. The van der Waals surface area contributed by atoms with E-state index in [0.29, 0.717) is 6.04 Å². The summed E-state index contributed by atoms with van der Waals surface area (Å²) in [6, 6.07) is 8.81. The standard InChI is InChI=1S/C16H23N3O2/c17-12-1-3-13(4-2-12)18-6-5-14(9-18)19-10-15-16(11-19)21-8-7-20-15/h1-4,14-16H,5-11,17H2. The zero-order valence-electron chi connectivity index (χ0n) is 12.3.